The lowest BCUT2D eigenvalue weighted by Crippen LogP contribution is -2.31. The van der Waals surface area contributed by atoms with Gasteiger partial charge in [0.05, 0.1) is 19.3 Å². The predicted octanol–water partition coefficient (Wildman–Crippen LogP) is -0.583. The first-order valence-corrected chi connectivity index (χ1v) is 3.24. The Bertz CT molecular complexity index is 180. The summed E-state index contributed by atoms with van der Waals surface area (Å²) in [5, 5.41) is 21.3. The van der Waals surface area contributed by atoms with Gasteiger partial charge in [0.15, 0.2) is 0 Å². The number of nitrogens with zero attached hydrogens (tertiary/aromatic N) is 3. The number of aliphatic hydroxyl groups is 2. The van der Waals surface area contributed by atoms with Crippen LogP contribution in [0, 0.1) is 0 Å². The minimum Gasteiger partial charge on any atom is -0.388 e. The molecule has 3 atom stereocenters. The average Bonchev–Trinajstić information content (AvgIpc) is 2.31. The average molecular weight is 159 g/mol. The van der Waals surface area contributed by atoms with Gasteiger partial charge in [-0.25, -0.2) is 0 Å². The molecule has 0 aliphatic carbocycles. The van der Waals surface area contributed by atoms with Gasteiger partial charge in [0.1, 0.15) is 12.2 Å². The molecule has 6 heteroatoms. The lowest BCUT2D eigenvalue weighted by atomic mass is 10.1. The summed E-state index contributed by atoms with van der Waals surface area (Å²) in [6.07, 6.45) is -2.34. The fourth-order valence-electron chi connectivity index (χ4n) is 0.945. The summed E-state index contributed by atoms with van der Waals surface area (Å²) >= 11 is 0. The van der Waals surface area contributed by atoms with Crippen LogP contribution in [0.4, 0.5) is 0 Å². The Kier molecular flexibility index (Phi) is 2.67. The standard InChI is InChI=1S/C5H9N3O3/c6-8-7-1-4-5(10)3(9)2-11-4/h3-5,9-10H,1-2H2/t3?,4-,5-/m1/s1. The fourth-order valence-corrected chi connectivity index (χ4v) is 0.945. The first-order valence-electron chi connectivity index (χ1n) is 3.24. The van der Waals surface area contributed by atoms with E-state index in [0.717, 1.165) is 0 Å². The van der Waals surface area contributed by atoms with Gasteiger partial charge in [0.25, 0.3) is 0 Å². The number of aliphatic hydroxyl groups excluding tert-OH is 2. The zero-order chi connectivity index (χ0) is 8.27. The van der Waals surface area contributed by atoms with E-state index in [9.17, 15) is 0 Å². The SMILES string of the molecule is [N-]=[N+]=NC[C@H]1OCC(O)[C@H]1O. The molecular formula is C5H9N3O3. The van der Waals surface area contributed by atoms with E-state index in [0.29, 0.717) is 0 Å². The number of rotatable bonds is 2. The molecule has 0 aromatic carbocycles. The summed E-state index contributed by atoms with van der Waals surface area (Å²) in [6.45, 7) is 0.168. The zero-order valence-electron chi connectivity index (χ0n) is 5.79. The Balaban J connectivity index is 2.41. The second-order valence-electron chi connectivity index (χ2n) is 2.34. The quantitative estimate of drug-likeness (QED) is 0.320. The molecule has 0 amide bonds. The van der Waals surface area contributed by atoms with Gasteiger partial charge in [0.2, 0.25) is 0 Å². The van der Waals surface area contributed by atoms with Crippen molar-refractivity contribution in [2.24, 2.45) is 5.11 Å². The molecule has 1 heterocycles. The van der Waals surface area contributed by atoms with Crippen molar-refractivity contribution < 1.29 is 14.9 Å². The normalized spacial score (nSPS) is 36.7. The molecule has 1 fully saturated rings. The monoisotopic (exact) mass is 159 g/mol. The largest absolute Gasteiger partial charge is 0.388 e. The van der Waals surface area contributed by atoms with Gasteiger partial charge < -0.3 is 14.9 Å². The third-order valence-electron chi connectivity index (χ3n) is 1.58. The first kappa shape index (κ1) is 8.29. The van der Waals surface area contributed by atoms with E-state index >= 15 is 0 Å². The molecule has 0 saturated carbocycles. The zero-order valence-corrected chi connectivity index (χ0v) is 5.79. The Hall–Kier alpha value is -0.810. The van der Waals surface area contributed by atoms with Crippen LogP contribution in [0.25, 0.3) is 10.4 Å². The highest BCUT2D eigenvalue weighted by atomic mass is 16.5. The maximum absolute atomic E-state index is 9.13. The maximum Gasteiger partial charge on any atom is 0.108 e. The smallest absolute Gasteiger partial charge is 0.108 e. The molecule has 1 rings (SSSR count). The van der Waals surface area contributed by atoms with Crippen molar-refractivity contribution in [2.75, 3.05) is 13.2 Å². The van der Waals surface area contributed by atoms with Crippen molar-refractivity contribution in [1.82, 2.24) is 0 Å². The predicted molar refractivity (Wildman–Crippen MR) is 35.8 cm³/mol. The highest BCUT2D eigenvalue weighted by molar-refractivity contribution is 4.84. The van der Waals surface area contributed by atoms with Crippen LogP contribution in [-0.4, -0.2) is 41.7 Å². The van der Waals surface area contributed by atoms with Crippen molar-refractivity contribution in [1.29, 1.82) is 0 Å². The summed E-state index contributed by atoms with van der Waals surface area (Å²) in [6, 6.07) is 0. The summed E-state index contributed by atoms with van der Waals surface area (Å²) in [7, 11) is 0. The third kappa shape index (κ3) is 1.81. The highest BCUT2D eigenvalue weighted by Gasteiger charge is 2.33. The molecule has 1 aliphatic rings. The number of hydrogen-bond donors (Lipinski definition) is 2. The summed E-state index contributed by atoms with van der Waals surface area (Å²) in [5.41, 5.74) is 7.94. The van der Waals surface area contributed by atoms with E-state index in [1.165, 1.54) is 0 Å². The Labute approximate surface area is 63.0 Å². The number of ether oxygens (including phenoxy) is 1. The van der Waals surface area contributed by atoms with Crippen molar-refractivity contribution in [3.8, 4) is 0 Å². The summed E-state index contributed by atoms with van der Waals surface area (Å²) in [5.74, 6) is 0. The Morgan fingerprint density at radius 3 is 2.82 bits per heavy atom. The minimum atomic E-state index is -0.930. The van der Waals surface area contributed by atoms with Crippen LogP contribution in [0.1, 0.15) is 0 Å². The van der Waals surface area contributed by atoms with Gasteiger partial charge in [-0.3, -0.25) is 0 Å². The van der Waals surface area contributed by atoms with Gasteiger partial charge in [-0.15, -0.1) is 0 Å². The third-order valence-corrected chi connectivity index (χ3v) is 1.58. The van der Waals surface area contributed by atoms with Gasteiger partial charge in [-0.05, 0) is 5.53 Å². The first-order chi connectivity index (χ1) is 5.25. The van der Waals surface area contributed by atoms with E-state index in [1.807, 2.05) is 0 Å². The minimum absolute atomic E-state index is 0.0642. The fraction of sp³-hybridized carbons (Fsp3) is 1.00. The molecule has 6 nitrogen and oxygen atoms in total. The molecule has 0 radical (unpaired) electrons. The van der Waals surface area contributed by atoms with Crippen LogP contribution < -0.4 is 0 Å². The highest BCUT2D eigenvalue weighted by Crippen LogP contribution is 2.14. The van der Waals surface area contributed by atoms with Gasteiger partial charge in [-0.1, -0.05) is 5.11 Å². The Morgan fingerprint density at radius 1 is 1.64 bits per heavy atom. The molecule has 0 aromatic heterocycles. The van der Waals surface area contributed by atoms with Crippen LogP contribution >= 0.6 is 0 Å². The molecule has 1 unspecified atom stereocenters. The second-order valence-corrected chi connectivity index (χ2v) is 2.34. The van der Waals surface area contributed by atoms with Crippen molar-refractivity contribution >= 4 is 0 Å². The van der Waals surface area contributed by atoms with Crippen LogP contribution in [0.15, 0.2) is 5.11 Å². The van der Waals surface area contributed by atoms with Crippen LogP contribution in [0.3, 0.4) is 0 Å². The molecule has 0 bridgehead atoms. The summed E-state index contributed by atoms with van der Waals surface area (Å²) < 4.78 is 4.91. The molecule has 1 saturated heterocycles. The van der Waals surface area contributed by atoms with Gasteiger partial charge in [0, 0.05) is 4.91 Å². The number of hydrogen-bond acceptors (Lipinski definition) is 4. The van der Waals surface area contributed by atoms with E-state index < -0.39 is 18.3 Å². The van der Waals surface area contributed by atoms with Crippen molar-refractivity contribution in [3.05, 3.63) is 10.4 Å². The van der Waals surface area contributed by atoms with Gasteiger partial charge >= 0.3 is 0 Å². The van der Waals surface area contributed by atoms with Crippen LogP contribution in [0.2, 0.25) is 0 Å². The van der Waals surface area contributed by atoms with E-state index in [2.05, 4.69) is 10.0 Å². The van der Waals surface area contributed by atoms with E-state index in [-0.39, 0.29) is 13.2 Å². The van der Waals surface area contributed by atoms with Crippen LogP contribution in [0.5, 0.6) is 0 Å². The van der Waals surface area contributed by atoms with E-state index in [1.54, 1.807) is 0 Å². The molecular weight excluding hydrogens is 150 g/mol. The van der Waals surface area contributed by atoms with Crippen molar-refractivity contribution in [2.45, 2.75) is 18.3 Å². The van der Waals surface area contributed by atoms with Gasteiger partial charge in [-0.2, -0.15) is 0 Å². The molecule has 2 N–H and O–H groups in total. The molecule has 11 heavy (non-hydrogen) atoms. The topological polar surface area (TPSA) is 98.5 Å². The molecule has 62 valence electrons. The Morgan fingerprint density at radius 2 is 2.36 bits per heavy atom. The maximum atomic E-state index is 9.13. The van der Waals surface area contributed by atoms with E-state index in [4.69, 9.17) is 20.5 Å². The summed E-state index contributed by atoms with van der Waals surface area (Å²) in [4.78, 5) is 2.51. The molecule has 1 aliphatic heterocycles. The van der Waals surface area contributed by atoms with Crippen molar-refractivity contribution in [3.63, 3.8) is 0 Å². The molecule has 0 spiro atoms. The lowest BCUT2D eigenvalue weighted by Gasteiger charge is -2.10. The lowest BCUT2D eigenvalue weighted by molar-refractivity contribution is 0.0276. The number of azide groups is 1. The second kappa shape index (κ2) is 3.54. The molecule has 0 aromatic rings. The van der Waals surface area contributed by atoms with Crippen LogP contribution in [-0.2, 0) is 4.74 Å².